The van der Waals surface area contributed by atoms with Gasteiger partial charge in [0.15, 0.2) is 4.96 Å². The van der Waals surface area contributed by atoms with E-state index >= 15 is 0 Å². The van der Waals surface area contributed by atoms with Crippen molar-refractivity contribution in [2.75, 3.05) is 7.05 Å². The van der Waals surface area contributed by atoms with Crippen LogP contribution in [0.5, 0.6) is 0 Å². The highest BCUT2D eigenvalue weighted by Crippen LogP contribution is 2.23. The topological polar surface area (TPSA) is 54.7 Å². The highest BCUT2D eigenvalue weighted by atomic mass is 79.9. The molecule has 0 radical (unpaired) electrons. The molecule has 0 atom stereocenters. The molecule has 0 saturated carbocycles. The molecule has 0 aromatic carbocycles. The van der Waals surface area contributed by atoms with Gasteiger partial charge >= 0.3 is 0 Å². The fraction of sp³-hybridized carbons (Fsp3) is 0.154. The van der Waals surface area contributed by atoms with E-state index in [4.69, 9.17) is 0 Å². The lowest BCUT2D eigenvalue weighted by Gasteiger charge is -2.15. The molecule has 0 unspecified atom stereocenters. The third-order valence-electron chi connectivity index (χ3n) is 2.94. The van der Waals surface area contributed by atoms with Crippen LogP contribution in [0.4, 0.5) is 0 Å². The summed E-state index contributed by atoms with van der Waals surface area (Å²) in [6, 6.07) is 3.89. The average Bonchev–Trinajstić information content (AvgIpc) is 3.08. The highest BCUT2D eigenvalue weighted by molar-refractivity contribution is 9.11. The Morgan fingerprint density at radius 3 is 3.00 bits per heavy atom. The molecular formula is C13H10BrN3O2S2. The van der Waals surface area contributed by atoms with Crippen LogP contribution in [0.15, 0.2) is 38.5 Å². The van der Waals surface area contributed by atoms with Gasteiger partial charge in [-0.2, -0.15) is 0 Å². The number of hydrogen-bond donors (Lipinski definition) is 0. The van der Waals surface area contributed by atoms with Gasteiger partial charge in [0.05, 0.1) is 10.3 Å². The van der Waals surface area contributed by atoms with Crippen molar-refractivity contribution >= 4 is 49.5 Å². The van der Waals surface area contributed by atoms with Gasteiger partial charge in [-0.15, -0.1) is 22.7 Å². The molecule has 3 aromatic rings. The second-order valence-electron chi connectivity index (χ2n) is 4.40. The summed E-state index contributed by atoms with van der Waals surface area (Å²) in [6.45, 7) is 0.459. The lowest BCUT2D eigenvalue weighted by molar-refractivity contribution is 0.0784. The first-order valence-electron chi connectivity index (χ1n) is 6.01. The maximum atomic E-state index is 12.4. The second kappa shape index (κ2) is 5.70. The molecule has 3 heterocycles. The minimum atomic E-state index is -0.328. The van der Waals surface area contributed by atoms with E-state index in [9.17, 15) is 9.59 Å². The Bertz CT molecular complexity index is 868. The smallest absolute Gasteiger partial charge is 0.271 e. The molecule has 0 aliphatic heterocycles. The summed E-state index contributed by atoms with van der Waals surface area (Å²) in [6.07, 6.45) is 2.99. The number of nitrogens with zero attached hydrogens (tertiary/aromatic N) is 3. The lowest BCUT2D eigenvalue weighted by atomic mass is 10.3. The number of aromatic nitrogens is 2. The molecule has 0 N–H and O–H groups in total. The molecule has 21 heavy (non-hydrogen) atoms. The number of hydrogen-bond acceptors (Lipinski definition) is 5. The van der Waals surface area contributed by atoms with Gasteiger partial charge in [0.2, 0.25) is 0 Å². The SMILES string of the molecule is CN(Cc1ccc(Br)s1)C(=O)c1cnc2sccn2c1=O. The summed E-state index contributed by atoms with van der Waals surface area (Å²) in [5, 5.41) is 1.77. The molecule has 1 amide bonds. The zero-order valence-corrected chi connectivity index (χ0v) is 14.2. The summed E-state index contributed by atoms with van der Waals surface area (Å²) >= 11 is 6.31. The normalized spacial score (nSPS) is 11.0. The maximum Gasteiger partial charge on any atom is 0.271 e. The number of halogens is 1. The predicted octanol–water partition coefficient (Wildman–Crippen LogP) is 2.85. The van der Waals surface area contributed by atoms with E-state index in [2.05, 4.69) is 20.9 Å². The Morgan fingerprint density at radius 2 is 2.29 bits per heavy atom. The third kappa shape index (κ3) is 2.78. The Labute approximate surface area is 136 Å². The monoisotopic (exact) mass is 383 g/mol. The number of rotatable bonds is 3. The number of carbonyl (C=O) groups is 1. The van der Waals surface area contributed by atoms with Gasteiger partial charge in [-0.3, -0.25) is 14.0 Å². The van der Waals surface area contributed by atoms with Crippen molar-refractivity contribution in [2.45, 2.75) is 6.54 Å². The Morgan fingerprint density at radius 1 is 1.48 bits per heavy atom. The van der Waals surface area contributed by atoms with E-state index in [0.29, 0.717) is 11.5 Å². The van der Waals surface area contributed by atoms with Crippen molar-refractivity contribution < 1.29 is 4.79 Å². The van der Waals surface area contributed by atoms with Crippen LogP contribution >= 0.6 is 38.6 Å². The molecule has 0 aliphatic carbocycles. The van der Waals surface area contributed by atoms with Crippen LogP contribution in [0.1, 0.15) is 15.2 Å². The van der Waals surface area contributed by atoms with Crippen molar-refractivity contribution in [3.63, 3.8) is 0 Å². The number of carbonyl (C=O) groups excluding carboxylic acids is 1. The van der Waals surface area contributed by atoms with Gasteiger partial charge in [-0.1, -0.05) is 0 Å². The van der Waals surface area contributed by atoms with Crippen LogP contribution < -0.4 is 5.56 Å². The summed E-state index contributed by atoms with van der Waals surface area (Å²) < 4.78 is 2.41. The number of amides is 1. The first-order chi connectivity index (χ1) is 10.1. The quantitative estimate of drug-likeness (QED) is 0.698. The van der Waals surface area contributed by atoms with Crippen LogP contribution in [0.25, 0.3) is 4.96 Å². The molecule has 0 aliphatic rings. The van der Waals surface area contributed by atoms with Crippen LogP contribution in [0.3, 0.4) is 0 Å². The minimum Gasteiger partial charge on any atom is -0.336 e. The first-order valence-corrected chi connectivity index (χ1v) is 8.49. The largest absolute Gasteiger partial charge is 0.336 e. The molecule has 8 heteroatoms. The van der Waals surface area contributed by atoms with E-state index in [1.54, 1.807) is 30.0 Å². The minimum absolute atomic E-state index is 0.0871. The van der Waals surface area contributed by atoms with E-state index < -0.39 is 0 Å². The third-order valence-corrected chi connectivity index (χ3v) is 5.32. The zero-order valence-electron chi connectivity index (χ0n) is 10.9. The van der Waals surface area contributed by atoms with Crippen molar-refractivity contribution in [3.05, 3.63) is 54.5 Å². The van der Waals surface area contributed by atoms with E-state index in [0.717, 1.165) is 8.66 Å². The summed E-state index contributed by atoms with van der Waals surface area (Å²) in [4.78, 5) is 32.0. The molecule has 0 bridgehead atoms. The second-order valence-corrected chi connectivity index (χ2v) is 7.82. The molecule has 108 valence electrons. The Balaban J connectivity index is 1.89. The summed E-state index contributed by atoms with van der Waals surface area (Å²) in [5.74, 6) is -0.322. The zero-order chi connectivity index (χ0) is 15.0. The summed E-state index contributed by atoms with van der Waals surface area (Å²) in [7, 11) is 1.68. The van der Waals surface area contributed by atoms with Gasteiger partial charge < -0.3 is 4.90 Å². The maximum absolute atomic E-state index is 12.4. The van der Waals surface area contributed by atoms with Crippen molar-refractivity contribution in [3.8, 4) is 0 Å². The van der Waals surface area contributed by atoms with Crippen LogP contribution in [0.2, 0.25) is 0 Å². The molecule has 0 saturated heterocycles. The number of fused-ring (bicyclic) bond motifs is 1. The molecule has 0 spiro atoms. The van der Waals surface area contributed by atoms with Gasteiger partial charge in [0.25, 0.3) is 11.5 Å². The molecule has 0 fully saturated rings. The van der Waals surface area contributed by atoms with Gasteiger partial charge in [-0.05, 0) is 28.1 Å². The van der Waals surface area contributed by atoms with Crippen LogP contribution in [0, 0.1) is 0 Å². The van der Waals surface area contributed by atoms with Gasteiger partial charge in [0.1, 0.15) is 5.56 Å². The highest BCUT2D eigenvalue weighted by Gasteiger charge is 2.18. The predicted molar refractivity (Wildman–Crippen MR) is 87.2 cm³/mol. The van der Waals surface area contributed by atoms with Crippen molar-refractivity contribution in [1.29, 1.82) is 0 Å². The van der Waals surface area contributed by atoms with Crippen molar-refractivity contribution in [1.82, 2.24) is 14.3 Å². The number of thiophene rings is 1. The van der Waals surface area contributed by atoms with E-state index in [1.165, 1.54) is 26.8 Å². The van der Waals surface area contributed by atoms with Crippen LogP contribution in [-0.2, 0) is 6.54 Å². The lowest BCUT2D eigenvalue weighted by Crippen LogP contribution is -2.32. The van der Waals surface area contributed by atoms with E-state index in [-0.39, 0.29) is 17.0 Å². The number of thiazole rings is 1. The molecular weight excluding hydrogens is 374 g/mol. The summed E-state index contributed by atoms with van der Waals surface area (Å²) in [5.41, 5.74) is -0.241. The molecule has 3 aromatic heterocycles. The van der Waals surface area contributed by atoms with Gasteiger partial charge in [0, 0.05) is 29.7 Å². The fourth-order valence-corrected chi connectivity index (χ4v) is 4.13. The Kier molecular flexibility index (Phi) is 3.92. The van der Waals surface area contributed by atoms with Crippen molar-refractivity contribution in [2.24, 2.45) is 0 Å². The molecule has 5 nitrogen and oxygen atoms in total. The van der Waals surface area contributed by atoms with Crippen LogP contribution in [-0.4, -0.2) is 27.2 Å². The standard InChI is InChI=1S/C13H10BrN3O2S2/c1-16(7-8-2-3-10(14)21-8)11(18)9-6-15-13-17(12(9)19)4-5-20-13/h2-6H,7H2,1H3. The van der Waals surface area contributed by atoms with E-state index in [1.807, 2.05) is 12.1 Å². The Hall–Kier alpha value is -1.51. The fourth-order valence-electron chi connectivity index (χ4n) is 1.92. The average molecular weight is 384 g/mol. The first kappa shape index (κ1) is 14.4. The van der Waals surface area contributed by atoms with Gasteiger partial charge in [-0.25, -0.2) is 4.98 Å². The molecule has 3 rings (SSSR count).